The van der Waals surface area contributed by atoms with Crippen molar-refractivity contribution >= 4 is 23.8 Å². The Kier molecular flexibility index (Phi) is 13.3. The molecule has 10 nitrogen and oxygen atoms in total. The van der Waals surface area contributed by atoms with E-state index in [1.54, 1.807) is 26.2 Å². The van der Waals surface area contributed by atoms with E-state index in [0.29, 0.717) is 38.8 Å². The van der Waals surface area contributed by atoms with Crippen LogP contribution in [-0.2, 0) is 19.1 Å². The number of carbonyl (C=O) groups excluding carboxylic acids is 4. The minimum Gasteiger partial charge on any atom is -0.445 e. The lowest BCUT2D eigenvalue weighted by Gasteiger charge is -2.36. The van der Waals surface area contributed by atoms with E-state index in [0.717, 1.165) is 0 Å². The summed E-state index contributed by atoms with van der Waals surface area (Å²) in [5, 5.41) is 6.65. The van der Waals surface area contributed by atoms with Crippen LogP contribution in [0.15, 0.2) is 12.2 Å². The van der Waals surface area contributed by atoms with Crippen LogP contribution in [0, 0.1) is 5.92 Å². The lowest BCUT2D eigenvalue weighted by molar-refractivity contribution is -0.129. The third-order valence-corrected chi connectivity index (χ3v) is 6.67. The summed E-state index contributed by atoms with van der Waals surface area (Å²) in [7, 11) is 3.29. The van der Waals surface area contributed by atoms with Gasteiger partial charge in [0.25, 0.3) is 0 Å². The van der Waals surface area contributed by atoms with E-state index >= 15 is 0 Å². The fourth-order valence-electron chi connectivity index (χ4n) is 4.45. The Morgan fingerprint density at radius 3 is 1.86 bits per heavy atom. The van der Waals surface area contributed by atoms with Crippen molar-refractivity contribution in [1.82, 2.24) is 20.4 Å². The summed E-state index contributed by atoms with van der Waals surface area (Å²) in [6.45, 7) is 12.3. The van der Waals surface area contributed by atoms with Gasteiger partial charge in [0, 0.05) is 39.1 Å². The van der Waals surface area contributed by atoms with Crippen molar-refractivity contribution in [1.29, 1.82) is 0 Å². The molecule has 0 radical (unpaired) electrons. The molecule has 2 atom stereocenters. The molecular formula is C27H48N4O6. The molecular weight excluding hydrogens is 476 g/mol. The Labute approximate surface area is 222 Å². The molecule has 1 aliphatic heterocycles. The van der Waals surface area contributed by atoms with Gasteiger partial charge in [-0.3, -0.25) is 14.9 Å². The molecule has 0 aromatic rings. The zero-order valence-electron chi connectivity index (χ0n) is 24.0. The Hall–Kier alpha value is -2.46. The molecule has 1 aliphatic rings. The van der Waals surface area contributed by atoms with Crippen molar-refractivity contribution in [2.75, 3.05) is 46.9 Å². The highest BCUT2D eigenvalue weighted by Gasteiger charge is 2.38. The van der Waals surface area contributed by atoms with Gasteiger partial charge in [-0.05, 0) is 65.5 Å². The molecule has 0 fully saturated rings. The highest BCUT2D eigenvalue weighted by Crippen LogP contribution is 2.21. The van der Waals surface area contributed by atoms with Gasteiger partial charge in [-0.25, -0.2) is 9.59 Å². The van der Waals surface area contributed by atoms with Crippen LogP contribution in [0.1, 0.15) is 67.2 Å². The van der Waals surface area contributed by atoms with Crippen LogP contribution in [0.4, 0.5) is 9.59 Å². The van der Waals surface area contributed by atoms with Crippen LogP contribution in [0.2, 0.25) is 0 Å². The molecule has 0 spiro atoms. The molecule has 0 aromatic carbocycles. The predicted molar refractivity (Wildman–Crippen MR) is 144 cm³/mol. The summed E-state index contributed by atoms with van der Waals surface area (Å²) in [6.07, 6.45) is 4.42. The molecule has 1 heterocycles. The second kappa shape index (κ2) is 15.1. The second-order valence-corrected chi connectivity index (χ2v) is 10.9. The zero-order chi connectivity index (χ0) is 28.2. The normalized spacial score (nSPS) is 27.5. The van der Waals surface area contributed by atoms with Gasteiger partial charge in [0.2, 0.25) is 0 Å². The van der Waals surface area contributed by atoms with E-state index in [9.17, 15) is 19.2 Å². The first-order valence-corrected chi connectivity index (χ1v) is 13.2. The van der Waals surface area contributed by atoms with Gasteiger partial charge in [0.15, 0.2) is 11.6 Å². The Bertz CT molecular complexity index is 815. The summed E-state index contributed by atoms with van der Waals surface area (Å²) >= 11 is 0. The molecule has 0 aliphatic carbocycles. The van der Waals surface area contributed by atoms with Crippen molar-refractivity contribution in [2.24, 2.45) is 5.92 Å². The maximum absolute atomic E-state index is 13.5. The molecule has 1 rings (SSSR count). The zero-order valence-corrected chi connectivity index (χ0v) is 24.0. The van der Waals surface area contributed by atoms with Gasteiger partial charge in [0.05, 0.1) is 17.6 Å². The number of cyclic esters (lactones) is 2. The maximum atomic E-state index is 13.5. The number of hydrogen-bond acceptors (Lipinski definition) is 8. The maximum Gasteiger partial charge on any atom is 0.409 e. The minimum atomic E-state index is -0.918. The van der Waals surface area contributed by atoms with Crippen molar-refractivity contribution in [3.63, 3.8) is 0 Å². The van der Waals surface area contributed by atoms with Gasteiger partial charge in [0.1, 0.15) is 13.2 Å². The third kappa shape index (κ3) is 10.8. The quantitative estimate of drug-likeness (QED) is 0.539. The predicted octanol–water partition coefficient (Wildman–Crippen LogP) is 3.15. The summed E-state index contributed by atoms with van der Waals surface area (Å²) in [5.74, 6) is -0.245. The summed E-state index contributed by atoms with van der Waals surface area (Å²) in [4.78, 5) is 54.1. The average Bonchev–Trinajstić information content (AvgIpc) is 2.82. The number of rotatable bonds is 4. The van der Waals surface area contributed by atoms with Crippen molar-refractivity contribution in [3.05, 3.63) is 12.2 Å². The van der Waals surface area contributed by atoms with E-state index in [2.05, 4.69) is 10.6 Å². The van der Waals surface area contributed by atoms with Gasteiger partial charge >= 0.3 is 12.2 Å². The monoisotopic (exact) mass is 524 g/mol. The number of nitrogens with one attached hydrogen (secondary N) is 2. The first-order chi connectivity index (χ1) is 17.2. The Morgan fingerprint density at radius 1 is 0.919 bits per heavy atom. The van der Waals surface area contributed by atoms with Gasteiger partial charge < -0.3 is 24.6 Å². The molecule has 37 heavy (non-hydrogen) atoms. The summed E-state index contributed by atoms with van der Waals surface area (Å²) < 4.78 is 10.4. The number of hydrogen-bond donors (Lipinski definition) is 2. The van der Waals surface area contributed by atoms with Crippen LogP contribution < -0.4 is 10.6 Å². The first kappa shape index (κ1) is 32.6. The number of nitrogens with zero attached hydrogens (tertiary/aromatic N) is 2. The molecule has 0 aromatic heterocycles. The lowest BCUT2D eigenvalue weighted by atomic mass is 9.83. The minimum absolute atomic E-state index is 0.0204. The fourth-order valence-corrected chi connectivity index (χ4v) is 4.45. The van der Waals surface area contributed by atoms with Crippen LogP contribution >= 0.6 is 0 Å². The van der Waals surface area contributed by atoms with E-state index < -0.39 is 23.3 Å². The van der Waals surface area contributed by atoms with Crippen molar-refractivity contribution < 1.29 is 28.7 Å². The van der Waals surface area contributed by atoms with E-state index in [4.69, 9.17) is 9.47 Å². The SMILES string of the molecule is CC(C)N[C@]1(C)CCCN(C)C(=O)OC/C=C/COC(=O)N(C)CCC[C@](C)(C(=O)C(C)C)NCC1=O. The molecule has 10 heteroatoms. The standard InChI is InChI=1S/C27H48N4O6/c1-20(2)23(33)27(6)14-12-16-31(8)25(35)37-18-10-9-17-36-24(34)30(7)15-11-13-26(5,29-21(3)4)22(32)19-28-27/h9-10,20-21,28-29H,11-19H2,1-8H3/b10-9+/t26-,27-/m1/s1. The van der Waals surface area contributed by atoms with Crippen LogP contribution in [0.5, 0.6) is 0 Å². The number of ether oxygens (including phenoxy) is 2. The van der Waals surface area contributed by atoms with E-state index in [1.807, 2.05) is 41.5 Å². The molecule has 212 valence electrons. The third-order valence-electron chi connectivity index (χ3n) is 6.67. The number of Topliss-reactive ketones (excluding diaryl/α,β-unsaturated/α-hetero) is 2. The number of ketones is 2. The topological polar surface area (TPSA) is 117 Å². The molecule has 2 N–H and O–H groups in total. The van der Waals surface area contributed by atoms with Crippen LogP contribution in [0.3, 0.4) is 0 Å². The summed E-state index contributed by atoms with van der Waals surface area (Å²) in [6, 6.07) is 0.0666. The molecule has 2 amide bonds. The molecule has 0 bridgehead atoms. The Balaban J connectivity index is 3.14. The average molecular weight is 525 g/mol. The first-order valence-electron chi connectivity index (χ1n) is 13.2. The smallest absolute Gasteiger partial charge is 0.409 e. The van der Waals surface area contributed by atoms with Gasteiger partial charge in [-0.1, -0.05) is 13.8 Å². The van der Waals surface area contributed by atoms with Gasteiger partial charge in [-0.15, -0.1) is 0 Å². The molecule has 0 unspecified atom stereocenters. The number of amides is 2. The Morgan fingerprint density at radius 2 is 1.41 bits per heavy atom. The van der Waals surface area contributed by atoms with Crippen molar-refractivity contribution in [2.45, 2.75) is 84.3 Å². The second-order valence-electron chi connectivity index (χ2n) is 10.9. The largest absolute Gasteiger partial charge is 0.445 e. The molecule has 0 saturated heterocycles. The lowest BCUT2D eigenvalue weighted by Crippen LogP contribution is -2.59. The van der Waals surface area contributed by atoms with E-state index in [-0.39, 0.29) is 43.3 Å². The summed E-state index contributed by atoms with van der Waals surface area (Å²) in [5.41, 5.74) is -1.75. The van der Waals surface area contributed by atoms with Crippen LogP contribution in [-0.4, -0.2) is 97.6 Å². The fraction of sp³-hybridized carbons (Fsp3) is 0.778. The highest BCUT2D eigenvalue weighted by atomic mass is 16.6. The van der Waals surface area contributed by atoms with Crippen molar-refractivity contribution in [3.8, 4) is 0 Å². The van der Waals surface area contributed by atoms with E-state index in [1.165, 1.54) is 9.80 Å². The highest BCUT2D eigenvalue weighted by molar-refractivity contribution is 5.93. The number of carbonyl (C=O) groups is 4. The van der Waals surface area contributed by atoms with Crippen LogP contribution in [0.25, 0.3) is 0 Å². The molecule has 0 saturated carbocycles. The van der Waals surface area contributed by atoms with Gasteiger partial charge in [-0.2, -0.15) is 0 Å².